The average Bonchev–Trinajstić information content (AvgIpc) is 0.733. The van der Waals surface area contributed by atoms with E-state index in [1.807, 2.05) is 0 Å². The molecule has 18 nitrogen and oxygen atoms in total. The first-order valence-corrected chi connectivity index (χ1v) is 17.9. The Kier molecular flexibility index (Phi) is 7.64. The van der Waals surface area contributed by atoms with Crippen LogP contribution < -0.4 is 31.9 Å². The molecule has 0 radical (unpaired) electrons. The zero-order valence-corrected chi connectivity index (χ0v) is 35.2. The van der Waals surface area contributed by atoms with Crippen molar-refractivity contribution < 1.29 is 142 Å². The van der Waals surface area contributed by atoms with Crippen molar-refractivity contribution in [3.8, 4) is 34.5 Å². The first-order chi connectivity index (χ1) is 64.4. The highest BCUT2D eigenvalue weighted by molar-refractivity contribution is 5.32. The van der Waals surface area contributed by atoms with Crippen molar-refractivity contribution in [2.75, 3.05) is 80.9 Å². The van der Waals surface area contributed by atoms with Crippen LogP contribution in [0.5, 0.6) is 34.5 Å². The Labute approximate surface area is 524 Å². The molecule has 6 aromatic rings. The van der Waals surface area contributed by atoms with Crippen LogP contribution in [0.3, 0.4) is 0 Å². The van der Waals surface area contributed by atoms with Crippen molar-refractivity contribution in [2.45, 2.75) is 36.6 Å². The first-order valence-electron chi connectivity index (χ1n) is 52.0. The molecule has 0 aliphatic rings. The number of rotatable bonds is 30. The predicted molar refractivity (Wildman–Crippen MR) is 282 cm³/mol. The lowest BCUT2D eigenvalue weighted by atomic mass is 10.1. The summed E-state index contributed by atoms with van der Waals surface area (Å²) < 4.78 is 525. The fraction of sp³-hybridized carbons (Fsp3) is 0.333. The molecule has 0 spiro atoms. The van der Waals surface area contributed by atoms with Crippen molar-refractivity contribution in [1.29, 1.82) is 17.2 Å². The van der Waals surface area contributed by atoms with Crippen molar-refractivity contribution >= 4 is 0 Å². The van der Waals surface area contributed by atoms with Crippen LogP contribution >= 0.6 is 0 Å². The van der Waals surface area contributed by atoms with E-state index < -0.39 is 346 Å². The number of hydrogen-bond donors (Lipinski definition) is 18. The number of aromatic hydroxyl groups is 6. The van der Waals surface area contributed by atoms with Gasteiger partial charge in [0.25, 0.3) is 8.59 Å². The van der Waals surface area contributed by atoms with E-state index in [0.717, 1.165) is 0 Å². The van der Waals surface area contributed by atoms with Crippen molar-refractivity contribution in [2.24, 2.45) is 0 Å². The molecule has 0 bridgehead atoms. The largest absolute Gasteiger partial charge is 0.508 e. The SMILES string of the molecule is [2H]Oc1c([2H])c([2H])c([2H])c([C@@H](CN([2H])C([2H])([2H])[2H])O[2H])c1[2H].[2H]Oc1c([2H])c([2H])c([2H])c([C@@H](O[2H])C([2H])([2H])N([2H])C([2H])([2H])[2H])c1[2H].[2H]Oc1c([2H])c([2H])c([2H])c([C@@]([2H])(CN([2H])C([2H])([2H])[2H])O[2H])c1[2H].[2H]Oc1c([2H])c([2H])c([2H])c([C@@]([2H])(O[2H])C([2H])([2H])N([2H])C([2H])([2H])[2H])c1[2H].[2H]Oc1c([2H])c([2H])c([2H])c([C@H](O[2H])C([2H])([2H])N([2H])C([2H])([2H])[2H])c1[2H].[2H]Oc1c([2H])c([2H])c([2H])c([C@]([2H])(O[2H])C([2H])([2H])N([2H])C([2H])([2H])[2H])c1[2H]. The maximum Gasteiger partial charge on any atom is 0.293 e. The summed E-state index contributed by atoms with van der Waals surface area (Å²) in [7, 11) is 0. The molecule has 0 aromatic heterocycles. The first kappa shape index (κ1) is 14.7. The highest BCUT2D eigenvalue weighted by Crippen LogP contribution is 2.21. The molecule has 18 heteroatoms. The number of nitrogens with one attached hydrogen (secondary N) is 6. The summed E-state index contributed by atoms with van der Waals surface area (Å²) in [5.74, 6) is -4.73. The normalized spacial score (nSPS) is 30.1. The van der Waals surface area contributed by atoms with Crippen molar-refractivity contribution in [1.82, 2.24) is 31.9 Å². The minimum absolute atomic E-state index is 0.0348. The number of phenols is 6. The minimum atomic E-state index is -3.60. The van der Waals surface area contributed by atoms with Gasteiger partial charge in [-0.3, -0.25) is 0 Å². The molecule has 0 heterocycles. The van der Waals surface area contributed by atoms with Gasteiger partial charge in [-0.1, -0.05) is 72.5 Å². The fourth-order valence-electron chi connectivity index (χ4n) is 3.57. The van der Waals surface area contributed by atoms with Crippen LogP contribution in [0.2, 0.25) is 8.47 Å². The second-order valence-corrected chi connectivity index (χ2v) is 11.3. The van der Waals surface area contributed by atoms with Crippen LogP contribution in [-0.4, -0.2) is 159 Å². The van der Waals surface area contributed by atoms with Gasteiger partial charge in [-0.25, -0.2) is 0 Å². The molecule has 0 unspecified atom stereocenters. The molecule has 0 aliphatic heterocycles. The van der Waals surface area contributed by atoms with E-state index in [0.29, 0.717) is 0 Å². The topological polar surface area (TPSA) is 315 Å². The summed E-state index contributed by atoms with van der Waals surface area (Å²) in [6, 6.07) is -20.3. The zero-order chi connectivity index (χ0) is 113. The minimum Gasteiger partial charge on any atom is -0.508 e. The Morgan fingerprint density at radius 3 is 0.986 bits per heavy atom. The number of aliphatic hydroxyl groups is 6. The van der Waals surface area contributed by atoms with Crippen LogP contribution in [0.15, 0.2) is 145 Å². The lowest BCUT2D eigenvalue weighted by molar-refractivity contribution is 0.177. The summed E-state index contributed by atoms with van der Waals surface area (Å²) in [4.78, 5) is 0. The maximum atomic E-state index is 8.05. The van der Waals surface area contributed by atoms with Crippen molar-refractivity contribution in [3.05, 3.63) is 178 Å². The monoisotopic (exact) mass is 1070 g/mol. The van der Waals surface area contributed by atoms with E-state index in [4.69, 9.17) is 98.3 Å². The molecular formula is C54H78N6O12. The average molecular weight is 1070 g/mol. The summed E-state index contributed by atoms with van der Waals surface area (Å²) in [6.45, 7) is -34.3. The molecule has 396 valence electrons. The number of likely N-dealkylation sites (N-methyl/N-ethyl adjacent to an activating group) is 6. The molecule has 0 saturated heterocycles. The summed E-state index contributed by atoms with van der Waals surface area (Å²) in [5, 5.41) is 46.9. The van der Waals surface area contributed by atoms with Crippen LogP contribution in [-0.2, 0) is 0 Å². The second-order valence-electron chi connectivity index (χ2n) is 11.3. The van der Waals surface area contributed by atoms with Gasteiger partial charge < -0.3 is 93.2 Å². The third kappa shape index (κ3) is 27.3. The number of aliphatic hydroxyl groups excluding tert-OH is 3. The zero-order valence-electron chi connectivity index (χ0n) is 106. The van der Waals surface area contributed by atoms with Gasteiger partial charge >= 0.3 is 0 Å². The van der Waals surface area contributed by atoms with Crippen molar-refractivity contribution in [3.63, 3.8) is 0 Å². The lowest BCUT2D eigenvalue weighted by Crippen LogP contribution is -2.16. The Morgan fingerprint density at radius 2 is 0.667 bits per heavy atom. The molecule has 0 aliphatic carbocycles. The molecule has 72 heavy (non-hydrogen) atoms. The predicted octanol–water partition coefficient (Wildman–Crippen LogP) is 3.87. The van der Waals surface area contributed by atoms with E-state index in [1.165, 1.54) is 0 Å². The van der Waals surface area contributed by atoms with Gasteiger partial charge in [-0.2, -0.15) is 0 Å². The molecule has 0 fully saturated rings. The highest BCUT2D eigenvalue weighted by Gasteiger charge is 2.10. The summed E-state index contributed by atoms with van der Waals surface area (Å²) >= 11 is 0. The van der Waals surface area contributed by atoms with E-state index in [1.54, 1.807) is 0 Å². The smallest absolute Gasteiger partial charge is 0.293 e. The van der Waals surface area contributed by atoms with E-state index >= 15 is 0 Å². The van der Waals surface area contributed by atoms with Crippen LogP contribution in [0.4, 0.5) is 0 Å². The Bertz CT molecular complexity index is 5140. The molecule has 18 N–H and O–H groups in total. The van der Waals surface area contributed by atoms with Gasteiger partial charge in [0.15, 0.2) is 0 Å². The fourth-order valence-corrected chi connectivity index (χ4v) is 3.57. The van der Waals surface area contributed by atoms with Gasteiger partial charge in [0, 0.05) is 74.7 Å². The van der Waals surface area contributed by atoms with Gasteiger partial charge in [0.2, 0.25) is 8.59 Å². The van der Waals surface area contributed by atoms with Gasteiger partial charge in [-0.15, -0.1) is 0 Å². The molecule has 6 atom stereocenters. The van der Waals surface area contributed by atoms with E-state index in [-0.39, 0.29) is 16.2 Å². The molecule has 0 amide bonds. The second kappa shape index (κ2) is 37.4. The van der Waals surface area contributed by atoms with Crippen LogP contribution in [0.25, 0.3) is 0 Å². The number of benzene rings is 6. The lowest BCUT2D eigenvalue weighted by Gasteiger charge is -2.09. The van der Waals surface area contributed by atoms with Gasteiger partial charge in [-0.05, 0) is 148 Å². The Hall–Kier alpha value is -6.36. The highest BCUT2D eigenvalue weighted by atomic mass is 16.3. The molecule has 6 aromatic carbocycles. The third-order valence-electron chi connectivity index (χ3n) is 6.41. The quantitative estimate of drug-likeness (QED) is 0.0304. The Balaban J connectivity index is 0.000000858. The van der Waals surface area contributed by atoms with Gasteiger partial charge in [0.1, 0.15) is 43.0 Å². The number of hydrogen-bond acceptors (Lipinski definition) is 18. The standard InChI is InChI=1S/6C9H13NO2/c6*1-10-6-9(12)7-3-2-4-8(11)5-7/h6*2-5,9-12H,6H2,1H3/t6*9-/m111100/s1/i1D3,2D,3D,4D,5D,6D2,9D,12D;1D3,2D,3D,4D,5D,9D,12D;1D3,2D,3D,4D,5D,6D2,12D;1D3,2D,3D,4D,5D,12D;1D3,2D,3D,4D,5D,6D2,9D,12D;1D3,2D,3D,4D,5D,6D2,12D/hD12. The number of phenolic OH excluding ortho intramolecular Hbond substituents is 6. The van der Waals surface area contributed by atoms with E-state index in [2.05, 4.69) is 61.3 Å². The van der Waals surface area contributed by atoms with E-state index in [9.17, 15) is 0 Å². The molecule has 0 saturated carbocycles. The molecule has 6 rings (SSSR count). The maximum absolute atomic E-state index is 8.05. The van der Waals surface area contributed by atoms with Crippen LogP contribution in [0, 0.1) is 0 Å². The Morgan fingerprint density at radius 1 is 0.375 bits per heavy atom. The van der Waals surface area contributed by atoms with Crippen LogP contribution in [0.1, 0.15) is 143 Å². The van der Waals surface area contributed by atoms with Gasteiger partial charge in [0.05, 0.1) is 73.6 Å². The summed E-state index contributed by atoms with van der Waals surface area (Å²) in [5.41, 5.74) is -4.94. The summed E-state index contributed by atoms with van der Waals surface area (Å²) in [6.07, 6.45) is -15.6. The molecular weight excluding hydrogens is 925 g/mol. The third-order valence-corrected chi connectivity index (χ3v) is 6.41.